The zero-order valence-electron chi connectivity index (χ0n) is 14.1. The van der Waals surface area contributed by atoms with Gasteiger partial charge in [0.1, 0.15) is 5.03 Å². The highest BCUT2D eigenvalue weighted by atomic mass is 79.9. The molecule has 0 fully saturated rings. The predicted molar refractivity (Wildman–Crippen MR) is 108 cm³/mol. The van der Waals surface area contributed by atoms with Crippen molar-refractivity contribution < 1.29 is 14.1 Å². The summed E-state index contributed by atoms with van der Waals surface area (Å²) in [6.45, 7) is 0. The van der Waals surface area contributed by atoms with E-state index in [0.717, 1.165) is 22.2 Å². The van der Waals surface area contributed by atoms with E-state index in [2.05, 4.69) is 31.4 Å². The summed E-state index contributed by atoms with van der Waals surface area (Å²) in [5, 5.41) is 22.0. The monoisotopic (exact) mass is 462 g/mol. The number of thioether (sulfide) groups is 1. The van der Waals surface area contributed by atoms with Crippen LogP contribution >= 0.6 is 27.7 Å². The fraction of sp³-hybridized carbons (Fsp3) is 0.0556. The van der Waals surface area contributed by atoms with E-state index in [4.69, 9.17) is 0 Å². The van der Waals surface area contributed by atoms with Crippen LogP contribution < -0.4 is 5.32 Å². The van der Waals surface area contributed by atoms with Gasteiger partial charge >= 0.3 is 5.69 Å². The van der Waals surface area contributed by atoms with Crippen molar-refractivity contribution in [3.05, 3.63) is 75.0 Å². The number of hydrogen-bond acceptors (Lipinski definition) is 6. The van der Waals surface area contributed by atoms with E-state index in [9.17, 15) is 19.3 Å². The minimum Gasteiger partial charge on any atom is -0.325 e. The first-order valence-corrected chi connectivity index (χ1v) is 9.66. The molecule has 0 aliphatic carbocycles. The summed E-state index contributed by atoms with van der Waals surface area (Å²) in [6, 6.07) is 14.4. The average molecular weight is 463 g/mol. The summed E-state index contributed by atoms with van der Waals surface area (Å²) in [5.74, 6) is -1.33. The van der Waals surface area contributed by atoms with Crippen LogP contribution in [-0.2, 0) is 4.79 Å². The normalized spacial score (nSPS) is 10.5. The van der Waals surface area contributed by atoms with Crippen LogP contribution in [0.15, 0.2) is 64.1 Å². The number of nitrogens with one attached hydrogen (secondary N) is 1. The van der Waals surface area contributed by atoms with Crippen molar-refractivity contribution in [3.63, 3.8) is 0 Å². The molecular formula is C18H12BrFN4O3S. The van der Waals surface area contributed by atoms with Crippen LogP contribution in [0.4, 0.5) is 15.8 Å². The lowest BCUT2D eigenvalue weighted by Gasteiger charge is -2.05. The van der Waals surface area contributed by atoms with E-state index < -0.39 is 22.3 Å². The number of aromatic nitrogens is 2. The van der Waals surface area contributed by atoms with E-state index >= 15 is 0 Å². The molecule has 0 spiro atoms. The number of carbonyl (C=O) groups excluding carboxylic acids is 1. The Morgan fingerprint density at radius 1 is 1.14 bits per heavy atom. The Bertz CT molecular complexity index is 1020. The average Bonchev–Trinajstić information content (AvgIpc) is 2.69. The van der Waals surface area contributed by atoms with Crippen LogP contribution in [0, 0.1) is 15.9 Å². The number of benzene rings is 2. The largest absolute Gasteiger partial charge is 0.325 e. The number of nitrogens with zero attached hydrogens (tertiary/aromatic N) is 3. The standard InChI is InChI=1S/C18H12BrFN4O3S/c19-12-3-1-11(2-4-12)15-7-8-18(23-22-15)28-10-17(25)21-13-5-6-14(20)16(9-13)24(26)27/h1-9H,10H2,(H,21,25). The third kappa shape index (κ3) is 5.11. The van der Waals surface area contributed by atoms with Gasteiger partial charge in [-0.1, -0.05) is 39.8 Å². The Hall–Kier alpha value is -2.85. The zero-order valence-corrected chi connectivity index (χ0v) is 16.5. The van der Waals surface area contributed by atoms with Crippen LogP contribution in [-0.4, -0.2) is 26.8 Å². The van der Waals surface area contributed by atoms with Gasteiger partial charge in [0.25, 0.3) is 0 Å². The van der Waals surface area contributed by atoms with E-state index in [1.54, 1.807) is 12.1 Å². The van der Waals surface area contributed by atoms with Crippen LogP contribution in [0.1, 0.15) is 0 Å². The lowest BCUT2D eigenvalue weighted by Crippen LogP contribution is -2.14. The van der Waals surface area contributed by atoms with Crippen molar-refractivity contribution in [2.24, 2.45) is 0 Å². The molecule has 28 heavy (non-hydrogen) atoms. The summed E-state index contributed by atoms with van der Waals surface area (Å²) in [6.07, 6.45) is 0. The smallest absolute Gasteiger partial charge is 0.306 e. The van der Waals surface area contributed by atoms with Gasteiger partial charge in [0, 0.05) is 21.8 Å². The molecule has 3 aromatic rings. The Labute approximate surface area is 171 Å². The number of halogens is 2. The second kappa shape index (κ2) is 8.89. The number of nitro groups is 1. The van der Waals surface area contributed by atoms with Gasteiger partial charge in [-0.25, -0.2) is 0 Å². The summed E-state index contributed by atoms with van der Waals surface area (Å²) < 4.78 is 14.3. The fourth-order valence-corrected chi connectivity index (χ4v) is 3.12. The number of anilines is 1. The number of amides is 1. The highest BCUT2D eigenvalue weighted by Gasteiger charge is 2.15. The van der Waals surface area contributed by atoms with Gasteiger partial charge in [0.2, 0.25) is 11.7 Å². The third-order valence-corrected chi connectivity index (χ3v) is 5.01. The quantitative estimate of drug-likeness (QED) is 0.324. The van der Waals surface area contributed by atoms with Crippen LogP contribution in [0.25, 0.3) is 11.3 Å². The molecule has 0 aliphatic heterocycles. The lowest BCUT2D eigenvalue weighted by molar-refractivity contribution is -0.387. The molecule has 2 aromatic carbocycles. The molecule has 0 atom stereocenters. The summed E-state index contributed by atoms with van der Waals surface area (Å²) in [7, 11) is 0. The van der Waals surface area contributed by atoms with Crippen LogP contribution in [0.5, 0.6) is 0 Å². The Morgan fingerprint density at radius 3 is 2.54 bits per heavy atom. The minimum atomic E-state index is -0.960. The minimum absolute atomic E-state index is 0.0253. The SMILES string of the molecule is O=C(CSc1ccc(-c2ccc(Br)cc2)nn1)Nc1ccc(F)c([N+](=O)[O-])c1. The van der Waals surface area contributed by atoms with E-state index in [0.29, 0.717) is 10.7 Å². The molecule has 0 radical (unpaired) electrons. The molecule has 0 aliphatic rings. The van der Waals surface area contributed by atoms with E-state index in [1.165, 1.54) is 17.8 Å². The second-order valence-corrected chi connectivity index (χ2v) is 7.44. The molecule has 0 bridgehead atoms. The highest BCUT2D eigenvalue weighted by Crippen LogP contribution is 2.23. The highest BCUT2D eigenvalue weighted by molar-refractivity contribution is 9.10. The molecule has 0 saturated heterocycles. The molecule has 10 heteroatoms. The lowest BCUT2D eigenvalue weighted by atomic mass is 10.1. The fourth-order valence-electron chi connectivity index (χ4n) is 2.24. The number of carbonyl (C=O) groups is 1. The van der Waals surface area contributed by atoms with Gasteiger partial charge in [0.15, 0.2) is 0 Å². The van der Waals surface area contributed by atoms with Crippen LogP contribution in [0.3, 0.4) is 0 Å². The third-order valence-electron chi connectivity index (χ3n) is 3.56. The van der Waals surface area contributed by atoms with Gasteiger partial charge in [-0.05, 0) is 36.4 Å². The molecule has 0 saturated carbocycles. The van der Waals surface area contributed by atoms with Gasteiger partial charge in [-0.3, -0.25) is 14.9 Å². The maximum atomic E-state index is 13.3. The summed E-state index contributed by atoms with van der Waals surface area (Å²) >= 11 is 4.54. The van der Waals surface area contributed by atoms with E-state index in [-0.39, 0.29) is 11.4 Å². The first-order chi connectivity index (χ1) is 13.4. The number of hydrogen-bond donors (Lipinski definition) is 1. The first-order valence-electron chi connectivity index (χ1n) is 7.88. The molecular weight excluding hydrogens is 451 g/mol. The van der Waals surface area contributed by atoms with Gasteiger partial charge in [-0.15, -0.1) is 10.2 Å². The topological polar surface area (TPSA) is 98.0 Å². The van der Waals surface area contributed by atoms with Crippen molar-refractivity contribution >= 4 is 45.0 Å². The predicted octanol–water partition coefficient (Wildman–Crippen LogP) is 4.68. The number of nitro benzene ring substituents is 1. The van der Waals surface area contributed by atoms with Gasteiger partial charge in [0.05, 0.1) is 16.4 Å². The molecule has 142 valence electrons. The van der Waals surface area contributed by atoms with Gasteiger partial charge in [-0.2, -0.15) is 4.39 Å². The molecule has 1 N–H and O–H groups in total. The Morgan fingerprint density at radius 2 is 1.89 bits per heavy atom. The van der Waals surface area contributed by atoms with Crippen molar-refractivity contribution in [1.82, 2.24) is 10.2 Å². The van der Waals surface area contributed by atoms with Crippen molar-refractivity contribution in [2.75, 3.05) is 11.1 Å². The summed E-state index contributed by atoms with van der Waals surface area (Å²) in [4.78, 5) is 21.9. The first kappa shape index (κ1) is 19.9. The second-order valence-electron chi connectivity index (χ2n) is 5.52. The maximum absolute atomic E-state index is 13.3. The molecule has 0 unspecified atom stereocenters. The van der Waals surface area contributed by atoms with Crippen molar-refractivity contribution in [3.8, 4) is 11.3 Å². The van der Waals surface area contributed by atoms with Crippen molar-refractivity contribution in [2.45, 2.75) is 5.03 Å². The molecule has 1 heterocycles. The Kier molecular flexibility index (Phi) is 6.32. The molecule has 7 nitrogen and oxygen atoms in total. The zero-order chi connectivity index (χ0) is 20.1. The molecule has 1 amide bonds. The summed E-state index contributed by atoms with van der Waals surface area (Å²) in [5.41, 5.74) is 1.08. The van der Waals surface area contributed by atoms with Crippen molar-refractivity contribution in [1.29, 1.82) is 0 Å². The molecule has 1 aromatic heterocycles. The Balaban J connectivity index is 1.58. The van der Waals surface area contributed by atoms with E-state index in [1.807, 2.05) is 24.3 Å². The number of rotatable bonds is 6. The molecule has 3 rings (SSSR count). The van der Waals surface area contributed by atoms with Crippen LogP contribution in [0.2, 0.25) is 0 Å². The van der Waals surface area contributed by atoms with Gasteiger partial charge < -0.3 is 5.32 Å². The maximum Gasteiger partial charge on any atom is 0.306 e.